The van der Waals surface area contributed by atoms with E-state index in [1.807, 2.05) is 20.2 Å². The summed E-state index contributed by atoms with van der Waals surface area (Å²) < 4.78 is 3.35. The summed E-state index contributed by atoms with van der Waals surface area (Å²) in [5.41, 5.74) is 2.39. The van der Waals surface area contributed by atoms with Crippen LogP contribution in [0.2, 0.25) is 5.15 Å². The number of hydrogen-bond donors (Lipinski definition) is 0. The second kappa shape index (κ2) is 3.53. The summed E-state index contributed by atoms with van der Waals surface area (Å²) in [7, 11) is 1.82. The highest BCUT2D eigenvalue weighted by Crippen LogP contribution is 2.23. The monoisotopic (exact) mass is 248 g/mol. The molecule has 86 valence electrons. The summed E-state index contributed by atoms with van der Waals surface area (Å²) in [5, 5.41) is 13.4. The first kappa shape index (κ1) is 10.2. The van der Waals surface area contributed by atoms with E-state index in [-0.39, 0.29) is 0 Å². The van der Waals surface area contributed by atoms with Gasteiger partial charge in [0.15, 0.2) is 5.65 Å². The molecule has 17 heavy (non-hydrogen) atoms. The van der Waals surface area contributed by atoms with Crippen LogP contribution in [0.4, 0.5) is 0 Å². The van der Waals surface area contributed by atoms with Crippen LogP contribution in [0.5, 0.6) is 0 Å². The first-order valence-corrected chi connectivity index (χ1v) is 5.40. The third-order valence-corrected chi connectivity index (χ3v) is 2.70. The highest BCUT2D eigenvalue weighted by molar-refractivity contribution is 6.30. The van der Waals surface area contributed by atoms with Crippen molar-refractivity contribution in [2.45, 2.75) is 6.92 Å². The summed E-state index contributed by atoms with van der Waals surface area (Å²) in [5.74, 6) is 0. The Morgan fingerprint density at radius 3 is 2.88 bits per heavy atom. The predicted molar refractivity (Wildman–Crippen MR) is 63.2 cm³/mol. The van der Waals surface area contributed by atoms with E-state index in [0.717, 1.165) is 22.4 Å². The van der Waals surface area contributed by atoms with E-state index >= 15 is 0 Å². The Morgan fingerprint density at radius 1 is 1.35 bits per heavy atom. The molecule has 3 rings (SSSR count). The van der Waals surface area contributed by atoms with Crippen molar-refractivity contribution >= 4 is 22.6 Å². The molecule has 0 bridgehead atoms. The smallest absolute Gasteiger partial charge is 0.161 e. The molecule has 3 aromatic rings. The van der Waals surface area contributed by atoms with Gasteiger partial charge in [-0.3, -0.25) is 4.68 Å². The quantitative estimate of drug-likeness (QED) is 0.613. The Morgan fingerprint density at radius 2 is 2.18 bits per heavy atom. The zero-order valence-electron chi connectivity index (χ0n) is 9.29. The molecule has 0 aliphatic heterocycles. The van der Waals surface area contributed by atoms with Crippen molar-refractivity contribution in [1.82, 2.24) is 29.8 Å². The fourth-order valence-corrected chi connectivity index (χ4v) is 1.91. The van der Waals surface area contributed by atoms with Gasteiger partial charge in [0, 0.05) is 13.1 Å². The zero-order valence-corrected chi connectivity index (χ0v) is 10.0. The van der Waals surface area contributed by atoms with Gasteiger partial charge in [0.25, 0.3) is 0 Å². The molecule has 0 N–H and O–H groups in total. The van der Waals surface area contributed by atoms with Crippen LogP contribution in [0.3, 0.4) is 0 Å². The standard InChI is InChI=1S/C10H9ClN6/c1-6-5-17(15-14-6)8-3-9(11)13-10-7(8)4-12-16(10)2/h3-5H,1-2H3. The molecule has 0 atom stereocenters. The molecule has 0 unspecified atom stereocenters. The van der Waals surface area contributed by atoms with E-state index in [2.05, 4.69) is 20.4 Å². The molecule has 0 amide bonds. The number of hydrogen-bond acceptors (Lipinski definition) is 4. The van der Waals surface area contributed by atoms with Crippen LogP contribution >= 0.6 is 11.6 Å². The van der Waals surface area contributed by atoms with Gasteiger partial charge in [-0.1, -0.05) is 16.8 Å². The molecule has 0 aliphatic rings. The van der Waals surface area contributed by atoms with Gasteiger partial charge in [-0.15, -0.1) is 5.10 Å². The van der Waals surface area contributed by atoms with Crippen LogP contribution in [0, 0.1) is 6.92 Å². The minimum Gasteiger partial charge on any atom is -0.250 e. The van der Waals surface area contributed by atoms with Crippen molar-refractivity contribution in [3.05, 3.63) is 29.3 Å². The maximum Gasteiger partial charge on any atom is 0.161 e. The molecule has 0 saturated heterocycles. The molecular formula is C10H9ClN6. The lowest BCUT2D eigenvalue weighted by Crippen LogP contribution is -1.98. The molecule has 0 aliphatic carbocycles. The van der Waals surface area contributed by atoms with Gasteiger partial charge in [-0.05, 0) is 6.92 Å². The van der Waals surface area contributed by atoms with E-state index in [1.54, 1.807) is 21.6 Å². The number of fused-ring (bicyclic) bond motifs is 1. The molecular weight excluding hydrogens is 240 g/mol. The van der Waals surface area contributed by atoms with E-state index in [0.29, 0.717) is 5.15 Å². The summed E-state index contributed by atoms with van der Waals surface area (Å²) in [6, 6.07) is 1.75. The van der Waals surface area contributed by atoms with Crippen molar-refractivity contribution in [2.75, 3.05) is 0 Å². The number of nitrogens with zero attached hydrogens (tertiary/aromatic N) is 6. The van der Waals surface area contributed by atoms with Crippen molar-refractivity contribution in [2.24, 2.45) is 7.05 Å². The average Bonchev–Trinajstić information content (AvgIpc) is 2.86. The number of rotatable bonds is 1. The van der Waals surface area contributed by atoms with Crippen molar-refractivity contribution in [3.63, 3.8) is 0 Å². The fraction of sp³-hybridized carbons (Fsp3) is 0.200. The number of aromatic nitrogens is 6. The van der Waals surface area contributed by atoms with E-state index in [9.17, 15) is 0 Å². The molecule has 0 fully saturated rings. The Kier molecular flexibility index (Phi) is 2.12. The topological polar surface area (TPSA) is 61.4 Å². The predicted octanol–water partition coefficient (Wildman–Crippen LogP) is 1.51. The third kappa shape index (κ3) is 1.57. The lowest BCUT2D eigenvalue weighted by molar-refractivity contribution is 0.785. The van der Waals surface area contributed by atoms with Gasteiger partial charge in [0.1, 0.15) is 5.15 Å². The lowest BCUT2D eigenvalue weighted by atomic mass is 10.3. The van der Waals surface area contributed by atoms with E-state index in [4.69, 9.17) is 11.6 Å². The Bertz CT molecular complexity index is 698. The second-order valence-corrected chi connectivity index (χ2v) is 4.16. The van der Waals surface area contributed by atoms with Crippen LogP contribution < -0.4 is 0 Å². The molecule has 3 aromatic heterocycles. The fourth-order valence-electron chi connectivity index (χ4n) is 1.72. The Balaban J connectivity index is 2.35. The van der Waals surface area contributed by atoms with Gasteiger partial charge < -0.3 is 0 Å². The van der Waals surface area contributed by atoms with Crippen molar-refractivity contribution < 1.29 is 0 Å². The van der Waals surface area contributed by atoms with Gasteiger partial charge in [0.05, 0.1) is 29.2 Å². The summed E-state index contributed by atoms with van der Waals surface area (Å²) in [4.78, 5) is 4.23. The molecule has 0 saturated carbocycles. The summed E-state index contributed by atoms with van der Waals surface area (Å²) >= 11 is 6.00. The van der Waals surface area contributed by atoms with Gasteiger partial charge in [-0.25, -0.2) is 9.67 Å². The normalized spacial score (nSPS) is 11.2. The Labute approximate surface area is 102 Å². The molecule has 0 radical (unpaired) electrons. The minimum atomic E-state index is 0.407. The highest BCUT2D eigenvalue weighted by atomic mass is 35.5. The number of pyridine rings is 1. The minimum absolute atomic E-state index is 0.407. The van der Waals surface area contributed by atoms with Gasteiger partial charge in [0.2, 0.25) is 0 Å². The first-order valence-electron chi connectivity index (χ1n) is 5.03. The second-order valence-electron chi connectivity index (χ2n) is 3.77. The molecule has 6 nitrogen and oxygen atoms in total. The molecule has 7 heteroatoms. The summed E-state index contributed by atoms with van der Waals surface area (Å²) in [6.07, 6.45) is 3.57. The van der Waals surface area contributed by atoms with Crippen LogP contribution in [0.25, 0.3) is 16.7 Å². The Hall–Kier alpha value is -1.95. The van der Waals surface area contributed by atoms with Gasteiger partial charge >= 0.3 is 0 Å². The molecule has 0 aromatic carbocycles. The zero-order chi connectivity index (χ0) is 12.0. The largest absolute Gasteiger partial charge is 0.250 e. The summed E-state index contributed by atoms with van der Waals surface area (Å²) in [6.45, 7) is 1.88. The maximum absolute atomic E-state index is 6.00. The van der Waals surface area contributed by atoms with Crippen molar-refractivity contribution in [3.8, 4) is 5.69 Å². The number of halogens is 1. The van der Waals surface area contributed by atoms with Gasteiger partial charge in [-0.2, -0.15) is 5.10 Å². The molecule has 0 spiro atoms. The lowest BCUT2D eigenvalue weighted by Gasteiger charge is -2.02. The first-order chi connectivity index (χ1) is 8.15. The van der Waals surface area contributed by atoms with Crippen LogP contribution in [-0.4, -0.2) is 29.8 Å². The SMILES string of the molecule is Cc1cn(-c2cc(Cl)nc3c2cnn3C)nn1. The van der Waals surface area contributed by atoms with Crippen LogP contribution in [0.1, 0.15) is 5.69 Å². The van der Waals surface area contributed by atoms with Crippen molar-refractivity contribution in [1.29, 1.82) is 0 Å². The van der Waals surface area contributed by atoms with Crippen LogP contribution in [-0.2, 0) is 7.05 Å². The van der Waals surface area contributed by atoms with E-state index < -0.39 is 0 Å². The third-order valence-electron chi connectivity index (χ3n) is 2.51. The maximum atomic E-state index is 6.00. The van der Waals surface area contributed by atoms with E-state index in [1.165, 1.54) is 0 Å². The highest BCUT2D eigenvalue weighted by Gasteiger charge is 2.11. The molecule has 3 heterocycles. The van der Waals surface area contributed by atoms with Crippen LogP contribution in [0.15, 0.2) is 18.5 Å². The number of aryl methyl sites for hydroxylation is 2. The average molecular weight is 249 g/mol.